The predicted molar refractivity (Wildman–Crippen MR) is 44.0 cm³/mol. The summed E-state index contributed by atoms with van der Waals surface area (Å²) in [5.41, 5.74) is 1.42. The van der Waals surface area contributed by atoms with Crippen molar-refractivity contribution in [1.29, 1.82) is 0 Å². The Hall–Kier alpha value is -1.12. The monoisotopic (exact) mass is 147 g/mol. The Labute approximate surface area is 65.1 Å². The van der Waals surface area contributed by atoms with Crippen LogP contribution in [0.1, 0.15) is 6.42 Å². The number of aliphatic imine (C=N–C) groups is 2. The lowest BCUT2D eigenvalue weighted by Crippen LogP contribution is -2.18. The maximum atomic E-state index is 4.42. The average molecular weight is 147 g/mol. The van der Waals surface area contributed by atoms with Gasteiger partial charge in [-0.3, -0.25) is 4.99 Å². The molecular weight excluding hydrogens is 138 g/mol. The highest BCUT2D eigenvalue weighted by Crippen LogP contribution is 2.53. The van der Waals surface area contributed by atoms with E-state index in [0.29, 0.717) is 6.04 Å². The Bertz CT molecular complexity index is 302. The third-order valence-electron chi connectivity index (χ3n) is 2.80. The molecule has 3 aliphatic rings. The van der Waals surface area contributed by atoms with Gasteiger partial charge in [-0.15, -0.1) is 0 Å². The fourth-order valence-corrected chi connectivity index (χ4v) is 2.06. The van der Waals surface area contributed by atoms with Crippen LogP contribution in [0.4, 0.5) is 0 Å². The van der Waals surface area contributed by atoms with Gasteiger partial charge in [0.2, 0.25) is 0 Å². The number of hydrogen-bond donors (Lipinski definition) is 0. The van der Waals surface area contributed by atoms with Gasteiger partial charge in [-0.1, -0.05) is 0 Å². The average Bonchev–Trinajstić information content (AvgIpc) is 2.65. The summed E-state index contributed by atoms with van der Waals surface area (Å²) in [5.74, 6) is 0. The normalized spacial score (nSPS) is 43.5. The van der Waals surface area contributed by atoms with Crippen molar-refractivity contribution in [2.75, 3.05) is 7.05 Å². The van der Waals surface area contributed by atoms with Crippen molar-refractivity contribution < 1.29 is 0 Å². The standard InChI is InChI=1S/C8H9N3/c1-11-4-6-3-9-5-10-8(6)2-7(8)11/h3-5,7H,2H2,1H3. The van der Waals surface area contributed by atoms with Gasteiger partial charge in [0.1, 0.15) is 11.9 Å². The fourth-order valence-electron chi connectivity index (χ4n) is 2.06. The second-order valence-corrected chi connectivity index (χ2v) is 3.42. The van der Waals surface area contributed by atoms with E-state index in [0.717, 1.165) is 0 Å². The summed E-state index contributed by atoms with van der Waals surface area (Å²) < 4.78 is 0. The largest absolute Gasteiger partial charge is 0.374 e. The molecule has 3 nitrogen and oxygen atoms in total. The summed E-state index contributed by atoms with van der Waals surface area (Å²) in [5, 5.41) is 0. The summed E-state index contributed by atoms with van der Waals surface area (Å²) in [6.45, 7) is 0. The van der Waals surface area contributed by atoms with Gasteiger partial charge in [0.05, 0.1) is 6.04 Å². The second-order valence-electron chi connectivity index (χ2n) is 3.42. The van der Waals surface area contributed by atoms with Gasteiger partial charge in [0.15, 0.2) is 0 Å². The van der Waals surface area contributed by atoms with Crippen LogP contribution < -0.4 is 0 Å². The highest BCUT2D eigenvalue weighted by molar-refractivity contribution is 5.93. The first-order valence-corrected chi connectivity index (χ1v) is 3.84. The van der Waals surface area contributed by atoms with Gasteiger partial charge in [-0.05, 0) is 0 Å². The fraction of sp³-hybridized carbons (Fsp3) is 0.500. The Kier molecular flexibility index (Phi) is 0.700. The van der Waals surface area contributed by atoms with Crippen molar-refractivity contribution in [1.82, 2.24) is 4.90 Å². The van der Waals surface area contributed by atoms with Crippen LogP contribution >= 0.6 is 0 Å². The second kappa shape index (κ2) is 1.40. The molecule has 0 aromatic carbocycles. The van der Waals surface area contributed by atoms with Gasteiger partial charge in [0.25, 0.3) is 0 Å². The van der Waals surface area contributed by atoms with E-state index in [2.05, 4.69) is 28.1 Å². The van der Waals surface area contributed by atoms with Crippen LogP contribution in [0.15, 0.2) is 21.8 Å². The number of likely N-dealkylation sites (N-methyl/N-ethyl adjacent to an activating group) is 1. The van der Waals surface area contributed by atoms with Crippen LogP contribution in [0.3, 0.4) is 0 Å². The van der Waals surface area contributed by atoms with Gasteiger partial charge in [0, 0.05) is 31.5 Å². The Morgan fingerprint density at radius 2 is 2.64 bits per heavy atom. The highest BCUT2D eigenvalue weighted by atomic mass is 15.3. The quantitative estimate of drug-likeness (QED) is 0.488. The number of nitrogens with zero attached hydrogens (tertiary/aromatic N) is 3. The maximum Gasteiger partial charge on any atom is 0.113 e. The van der Waals surface area contributed by atoms with E-state index in [-0.39, 0.29) is 5.54 Å². The zero-order chi connectivity index (χ0) is 7.47. The molecular formula is C8H9N3. The topological polar surface area (TPSA) is 28.0 Å². The van der Waals surface area contributed by atoms with Gasteiger partial charge in [-0.2, -0.15) is 0 Å². The van der Waals surface area contributed by atoms with E-state index >= 15 is 0 Å². The Morgan fingerprint density at radius 3 is 3.36 bits per heavy atom. The molecule has 56 valence electrons. The molecule has 3 heteroatoms. The smallest absolute Gasteiger partial charge is 0.113 e. The minimum Gasteiger partial charge on any atom is -0.374 e. The SMILES string of the molecule is CN1C=C2C=NC=NC23CC13. The molecule has 1 spiro atoms. The molecule has 0 aromatic rings. The van der Waals surface area contributed by atoms with Gasteiger partial charge >= 0.3 is 0 Å². The third-order valence-corrected chi connectivity index (χ3v) is 2.80. The highest BCUT2D eigenvalue weighted by Gasteiger charge is 2.62. The molecule has 1 fully saturated rings. The first-order chi connectivity index (χ1) is 5.33. The van der Waals surface area contributed by atoms with E-state index in [1.54, 1.807) is 6.34 Å². The van der Waals surface area contributed by atoms with Crippen LogP contribution in [0, 0.1) is 0 Å². The summed E-state index contributed by atoms with van der Waals surface area (Å²) in [4.78, 5) is 10.7. The number of rotatable bonds is 0. The first kappa shape index (κ1) is 5.52. The van der Waals surface area contributed by atoms with E-state index in [4.69, 9.17) is 0 Å². The maximum absolute atomic E-state index is 4.42. The molecule has 0 aromatic heterocycles. The van der Waals surface area contributed by atoms with Crippen molar-refractivity contribution in [3.05, 3.63) is 11.8 Å². The van der Waals surface area contributed by atoms with Crippen LogP contribution in [-0.2, 0) is 0 Å². The van der Waals surface area contributed by atoms with Crippen molar-refractivity contribution in [3.8, 4) is 0 Å². The van der Waals surface area contributed by atoms with E-state index in [1.165, 1.54) is 12.0 Å². The van der Waals surface area contributed by atoms with Crippen molar-refractivity contribution in [2.24, 2.45) is 9.98 Å². The Morgan fingerprint density at radius 1 is 1.73 bits per heavy atom. The van der Waals surface area contributed by atoms with Crippen LogP contribution in [0.25, 0.3) is 0 Å². The van der Waals surface area contributed by atoms with Crippen molar-refractivity contribution >= 4 is 12.6 Å². The lowest BCUT2D eigenvalue weighted by atomic mass is 10.1. The van der Waals surface area contributed by atoms with Crippen LogP contribution in [-0.4, -0.2) is 36.1 Å². The lowest BCUT2D eigenvalue weighted by molar-refractivity contribution is 0.449. The molecule has 2 atom stereocenters. The zero-order valence-corrected chi connectivity index (χ0v) is 6.36. The molecule has 0 saturated heterocycles. The molecule has 2 aliphatic heterocycles. The summed E-state index contributed by atoms with van der Waals surface area (Å²) in [6.07, 6.45) is 6.93. The molecule has 1 saturated carbocycles. The summed E-state index contributed by atoms with van der Waals surface area (Å²) >= 11 is 0. The molecule has 11 heavy (non-hydrogen) atoms. The van der Waals surface area contributed by atoms with Crippen LogP contribution in [0.5, 0.6) is 0 Å². The summed E-state index contributed by atoms with van der Waals surface area (Å²) in [7, 11) is 2.11. The minimum atomic E-state index is 0.135. The molecule has 1 aliphatic carbocycles. The summed E-state index contributed by atoms with van der Waals surface area (Å²) in [6, 6.07) is 0.625. The van der Waals surface area contributed by atoms with Crippen LogP contribution in [0.2, 0.25) is 0 Å². The zero-order valence-electron chi connectivity index (χ0n) is 6.36. The van der Waals surface area contributed by atoms with Crippen molar-refractivity contribution in [3.63, 3.8) is 0 Å². The molecule has 0 amide bonds. The molecule has 0 N–H and O–H groups in total. The molecule has 0 bridgehead atoms. The molecule has 2 heterocycles. The minimum absolute atomic E-state index is 0.135. The molecule has 2 unspecified atom stereocenters. The van der Waals surface area contributed by atoms with Gasteiger partial charge < -0.3 is 4.90 Å². The van der Waals surface area contributed by atoms with E-state index < -0.39 is 0 Å². The Balaban J connectivity index is 2.14. The first-order valence-electron chi connectivity index (χ1n) is 3.84. The van der Waals surface area contributed by atoms with Crippen molar-refractivity contribution in [2.45, 2.75) is 18.0 Å². The third kappa shape index (κ3) is 0.471. The van der Waals surface area contributed by atoms with E-state index in [9.17, 15) is 0 Å². The lowest BCUT2D eigenvalue weighted by Gasteiger charge is -2.08. The van der Waals surface area contributed by atoms with Gasteiger partial charge in [-0.25, -0.2) is 4.99 Å². The number of hydrogen-bond acceptors (Lipinski definition) is 3. The van der Waals surface area contributed by atoms with E-state index in [1.807, 2.05) is 6.21 Å². The predicted octanol–water partition coefficient (Wildman–Crippen LogP) is 0.440. The molecule has 0 radical (unpaired) electrons. The molecule has 3 rings (SSSR count).